The van der Waals surface area contributed by atoms with E-state index in [1.165, 1.54) is 11.3 Å². The topological polar surface area (TPSA) is 99.5 Å². The lowest BCUT2D eigenvalue weighted by atomic mass is 9.69. The molecule has 0 aliphatic heterocycles. The molecule has 36 heavy (non-hydrogen) atoms. The lowest BCUT2D eigenvalue weighted by Gasteiger charge is -2.35. The normalized spacial score (nSPS) is 20.2. The second-order valence-electron chi connectivity index (χ2n) is 8.59. The molecule has 0 saturated heterocycles. The Kier molecular flexibility index (Phi) is 7.41. The number of alkyl halides is 3. The second kappa shape index (κ2) is 10.4. The minimum absolute atomic E-state index is 0.151. The van der Waals surface area contributed by atoms with Crippen LogP contribution in [-0.2, 0) is 22.4 Å². The van der Waals surface area contributed by atoms with Gasteiger partial charge in [-0.2, -0.15) is 13.2 Å². The Labute approximate surface area is 207 Å². The Hall–Kier alpha value is -3.31. The number of carboxylic acids is 1. The zero-order valence-corrected chi connectivity index (χ0v) is 19.6. The van der Waals surface area contributed by atoms with Crippen molar-refractivity contribution >= 4 is 28.9 Å². The maximum atomic E-state index is 14.3. The van der Waals surface area contributed by atoms with Gasteiger partial charge in [0.1, 0.15) is 5.82 Å². The number of carboxylic acid groups (broad SMARTS) is 1. The lowest BCUT2D eigenvalue weighted by molar-refractivity contribution is -0.148. The fourth-order valence-electron chi connectivity index (χ4n) is 4.73. The first-order valence-electron chi connectivity index (χ1n) is 11.1. The number of thiazole rings is 1. The van der Waals surface area contributed by atoms with Crippen LogP contribution in [0.25, 0.3) is 11.3 Å². The number of aliphatic hydroxyl groups is 1. The quantitative estimate of drug-likeness (QED) is 0.362. The van der Waals surface area contributed by atoms with Gasteiger partial charge in [-0.1, -0.05) is 30.7 Å². The Bertz CT molecular complexity index is 1260. The molecule has 3 N–H and O–H groups in total. The number of halogens is 4. The van der Waals surface area contributed by atoms with Gasteiger partial charge in [0.05, 0.1) is 45.8 Å². The van der Waals surface area contributed by atoms with Gasteiger partial charge in [-0.3, -0.25) is 9.59 Å². The molecular weight excluding hydrogens is 500 g/mol. The number of aliphatic carboxylic acids is 1. The van der Waals surface area contributed by atoms with Crippen LogP contribution in [0.3, 0.4) is 0 Å². The molecule has 11 heteroatoms. The molecule has 0 radical (unpaired) electrons. The molecule has 1 heterocycles. The lowest BCUT2D eigenvalue weighted by Crippen LogP contribution is -2.40. The predicted molar refractivity (Wildman–Crippen MR) is 125 cm³/mol. The molecule has 3 aromatic rings. The maximum Gasteiger partial charge on any atom is 0.416 e. The number of nitrogens with zero attached hydrogens (tertiary/aromatic N) is 1. The van der Waals surface area contributed by atoms with E-state index in [2.05, 4.69) is 10.3 Å². The molecule has 0 spiro atoms. The van der Waals surface area contributed by atoms with Gasteiger partial charge in [-0.05, 0) is 42.5 Å². The van der Waals surface area contributed by atoms with Crippen molar-refractivity contribution < 1.29 is 37.4 Å². The molecule has 1 saturated carbocycles. The van der Waals surface area contributed by atoms with E-state index in [1.54, 1.807) is 29.8 Å². The molecule has 190 valence electrons. The number of hydrogen-bond acceptors (Lipinski definition) is 5. The van der Waals surface area contributed by atoms with Gasteiger partial charge < -0.3 is 15.5 Å². The summed E-state index contributed by atoms with van der Waals surface area (Å²) >= 11 is 1.32. The first-order chi connectivity index (χ1) is 17.1. The Balaban J connectivity index is 1.55. The van der Waals surface area contributed by atoms with E-state index >= 15 is 0 Å². The zero-order valence-electron chi connectivity index (χ0n) is 18.8. The Morgan fingerprint density at radius 2 is 1.83 bits per heavy atom. The fraction of sp³-hybridized carbons (Fsp3) is 0.320. The predicted octanol–water partition coefficient (Wildman–Crippen LogP) is 5.68. The van der Waals surface area contributed by atoms with Crippen molar-refractivity contribution in [1.29, 1.82) is 0 Å². The third kappa shape index (κ3) is 5.26. The van der Waals surface area contributed by atoms with Crippen molar-refractivity contribution in [3.05, 3.63) is 69.8 Å². The highest BCUT2D eigenvalue weighted by Crippen LogP contribution is 2.43. The van der Waals surface area contributed by atoms with E-state index in [1.807, 2.05) is 0 Å². The van der Waals surface area contributed by atoms with Crippen LogP contribution >= 0.6 is 11.3 Å². The first-order valence-corrected chi connectivity index (χ1v) is 12.0. The van der Waals surface area contributed by atoms with Crippen LogP contribution in [-0.4, -0.2) is 27.1 Å². The molecule has 4 rings (SSSR count). The van der Waals surface area contributed by atoms with E-state index in [4.69, 9.17) is 0 Å². The number of carbonyl (C=O) groups excluding carboxylic acids is 1. The number of rotatable bonds is 6. The molecule has 1 aliphatic carbocycles. The minimum atomic E-state index is -4.73. The monoisotopic (exact) mass is 522 g/mol. The van der Waals surface area contributed by atoms with Crippen LogP contribution in [0.15, 0.2) is 48.0 Å². The van der Waals surface area contributed by atoms with Gasteiger partial charge in [0, 0.05) is 5.56 Å². The molecule has 2 aromatic carbocycles. The van der Waals surface area contributed by atoms with Gasteiger partial charge in [0.25, 0.3) is 0 Å². The van der Waals surface area contributed by atoms with Crippen molar-refractivity contribution in [2.24, 2.45) is 11.8 Å². The average molecular weight is 523 g/mol. The molecule has 6 nitrogen and oxygen atoms in total. The summed E-state index contributed by atoms with van der Waals surface area (Å²) in [4.78, 5) is 30.2. The summed E-state index contributed by atoms with van der Waals surface area (Å²) in [5, 5.41) is 21.7. The summed E-state index contributed by atoms with van der Waals surface area (Å²) in [7, 11) is 0. The van der Waals surface area contributed by atoms with E-state index in [0.717, 1.165) is 11.6 Å². The van der Waals surface area contributed by atoms with Crippen molar-refractivity contribution in [2.45, 2.75) is 38.0 Å². The number of aromatic nitrogens is 1. The van der Waals surface area contributed by atoms with Gasteiger partial charge in [0.2, 0.25) is 5.91 Å². The highest BCUT2D eigenvalue weighted by molar-refractivity contribution is 7.10. The van der Waals surface area contributed by atoms with E-state index in [-0.39, 0.29) is 13.0 Å². The van der Waals surface area contributed by atoms with Crippen LogP contribution in [0.2, 0.25) is 0 Å². The summed E-state index contributed by atoms with van der Waals surface area (Å²) in [6.45, 7) is -0.151. The van der Waals surface area contributed by atoms with Crippen LogP contribution in [0, 0.1) is 17.7 Å². The summed E-state index contributed by atoms with van der Waals surface area (Å²) in [5.74, 6) is -5.78. The average Bonchev–Trinajstić information content (AvgIpc) is 3.33. The van der Waals surface area contributed by atoms with Crippen molar-refractivity contribution in [3.63, 3.8) is 0 Å². The van der Waals surface area contributed by atoms with Crippen LogP contribution in [0.1, 0.15) is 41.2 Å². The van der Waals surface area contributed by atoms with Crippen LogP contribution < -0.4 is 5.32 Å². The van der Waals surface area contributed by atoms with Crippen molar-refractivity contribution in [3.8, 4) is 11.3 Å². The standard InChI is InChI=1S/C25H22F4N2O4S/c26-18-10-15(25(27,28)29)8-9-19(18)31-23(33)17-3-1-2-16(21(17)24(34)35)13-4-6-14(7-5-13)22-20(11-32)36-12-30-22/h4-10,12,16-17,21,32H,1-3,11H2,(H,31,33)(H,34,35)/t16-,17-,21-/m1/s1. The van der Waals surface area contributed by atoms with Gasteiger partial charge >= 0.3 is 12.1 Å². The fourth-order valence-corrected chi connectivity index (χ4v) is 5.38. The minimum Gasteiger partial charge on any atom is -0.481 e. The van der Waals surface area contributed by atoms with E-state index in [9.17, 15) is 37.4 Å². The smallest absolute Gasteiger partial charge is 0.416 e. The third-order valence-electron chi connectivity index (χ3n) is 6.47. The summed E-state index contributed by atoms with van der Waals surface area (Å²) < 4.78 is 52.7. The van der Waals surface area contributed by atoms with Gasteiger partial charge in [-0.15, -0.1) is 11.3 Å². The molecule has 0 unspecified atom stereocenters. The maximum absolute atomic E-state index is 14.3. The number of amides is 1. The molecule has 1 aliphatic rings. The number of benzene rings is 2. The van der Waals surface area contributed by atoms with Crippen molar-refractivity contribution in [1.82, 2.24) is 4.98 Å². The first kappa shape index (κ1) is 25.8. The zero-order chi connectivity index (χ0) is 26.0. The van der Waals surface area contributed by atoms with Crippen LogP contribution in [0.4, 0.5) is 23.2 Å². The molecule has 3 atom stereocenters. The molecule has 1 fully saturated rings. The molecule has 0 bridgehead atoms. The number of hydrogen-bond donors (Lipinski definition) is 3. The second-order valence-corrected chi connectivity index (χ2v) is 9.53. The number of aliphatic hydroxyl groups excluding tert-OH is 1. The Morgan fingerprint density at radius 3 is 2.44 bits per heavy atom. The van der Waals surface area contributed by atoms with Gasteiger partial charge in [0.15, 0.2) is 0 Å². The summed E-state index contributed by atoms with van der Waals surface area (Å²) in [6.07, 6.45) is -3.42. The van der Waals surface area contributed by atoms with Crippen molar-refractivity contribution in [2.75, 3.05) is 5.32 Å². The summed E-state index contributed by atoms with van der Waals surface area (Å²) in [6, 6.07) is 8.87. The number of carbonyl (C=O) groups is 2. The van der Waals surface area contributed by atoms with Gasteiger partial charge in [-0.25, -0.2) is 9.37 Å². The molecule has 1 amide bonds. The summed E-state index contributed by atoms with van der Waals surface area (Å²) in [5.41, 5.74) is 2.11. The van der Waals surface area contributed by atoms with E-state index in [0.29, 0.717) is 41.1 Å². The van der Waals surface area contributed by atoms with Crippen LogP contribution in [0.5, 0.6) is 0 Å². The largest absolute Gasteiger partial charge is 0.481 e. The van der Waals surface area contributed by atoms with E-state index < -0.39 is 52.9 Å². The molecule has 1 aromatic heterocycles. The highest BCUT2D eigenvalue weighted by Gasteiger charge is 2.43. The Morgan fingerprint density at radius 1 is 1.11 bits per heavy atom. The number of anilines is 1. The highest BCUT2D eigenvalue weighted by atomic mass is 32.1. The number of nitrogens with one attached hydrogen (secondary N) is 1. The SMILES string of the molecule is O=C(O)[C@@H]1[C@@H](c2ccc(-c3ncsc3CO)cc2)CCC[C@H]1C(=O)Nc1ccc(C(F)(F)F)cc1F. The molecular formula is C25H22F4N2O4S. The third-order valence-corrected chi connectivity index (χ3v) is 7.29.